The van der Waals surface area contributed by atoms with Crippen LogP contribution in [0, 0.1) is 5.41 Å². The molecule has 3 aliphatic rings. The lowest BCUT2D eigenvalue weighted by atomic mass is 9.72. The van der Waals surface area contributed by atoms with Crippen molar-refractivity contribution in [2.75, 3.05) is 11.4 Å². The molecule has 1 N–H and O–H groups in total. The lowest BCUT2D eigenvalue weighted by Gasteiger charge is -2.33. The third-order valence-corrected chi connectivity index (χ3v) is 5.68. The fourth-order valence-corrected chi connectivity index (χ4v) is 4.03. The number of benzene rings is 1. The van der Waals surface area contributed by atoms with E-state index in [1.165, 1.54) is 18.4 Å². The predicted molar refractivity (Wildman–Crippen MR) is 82.3 cm³/mol. The van der Waals surface area contributed by atoms with Crippen molar-refractivity contribution in [3.8, 4) is 0 Å². The molecule has 0 unspecified atom stereocenters. The standard InChI is InChI=1S/C18H23NO2/c20-16-7-9-18(10-8-16)11-12-19(17(18)21)15-5-3-14(4-6-15)13-1-2-13/h3-6,13,16,20H,1-2,7-12H2/t16-,18-. The van der Waals surface area contributed by atoms with Crippen LogP contribution in [0.1, 0.15) is 56.4 Å². The van der Waals surface area contributed by atoms with Gasteiger partial charge in [-0.15, -0.1) is 0 Å². The molecule has 3 nitrogen and oxygen atoms in total. The first-order valence-corrected chi connectivity index (χ1v) is 8.28. The Morgan fingerprint density at radius 2 is 1.67 bits per heavy atom. The maximum Gasteiger partial charge on any atom is 0.233 e. The second kappa shape index (κ2) is 4.84. The number of hydrogen-bond donors (Lipinski definition) is 1. The first-order chi connectivity index (χ1) is 10.2. The molecular formula is C18H23NO2. The van der Waals surface area contributed by atoms with Crippen LogP contribution in [0.3, 0.4) is 0 Å². The fraction of sp³-hybridized carbons (Fsp3) is 0.611. The summed E-state index contributed by atoms with van der Waals surface area (Å²) in [6, 6.07) is 8.61. The van der Waals surface area contributed by atoms with E-state index in [0.717, 1.165) is 50.3 Å². The maximum absolute atomic E-state index is 12.9. The average Bonchev–Trinajstić information content (AvgIpc) is 3.30. The maximum atomic E-state index is 12.9. The Kier molecular flexibility index (Phi) is 3.07. The zero-order valence-electron chi connectivity index (χ0n) is 12.4. The van der Waals surface area contributed by atoms with Crippen LogP contribution in [-0.2, 0) is 4.79 Å². The van der Waals surface area contributed by atoms with Crippen LogP contribution in [0.2, 0.25) is 0 Å². The molecular weight excluding hydrogens is 262 g/mol. The van der Waals surface area contributed by atoms with Gasteiger partial charge in [-0.3, -0.25) is 4.79 Å². The van der Waals surface area contributed by atoms with Gasteiger partial charge in [0.2, 0.25) is 5.91 Å². The van der Waals surface area contributed by atoms with E-state index in [0.29, 0.717) is 0 Å². The number of carbonyl (C=O) groups excluding carboxylic acids is 1. The van der Waals surface area contributed by atoms with E-state index in [2.05, 4.69) is 24.3 Å². The lowest BCUT2D eigenvalue weighted by Crippen LogP contribution is -2.38. The molecule has 1 spiro atoms. The number of aliphatic hydroxyl groups is 1. The van der Waals surface area contributed by atoms with Gasteiger partial charge >= 0.3 is 0 Å². The first kappa shape index (κ1) is 13.3. The van der Waals surface area contributed by atoms with Crippen molar-refractivity contribution in [1.29, 1.82) is 0 Å². The third kappa shape index (κ3) is 2.28. The number of aliphatic hydroxyl groups excluding tert-OH is 1. The van der Waals surface area contributed by atoms with Crippen LogP contribution >= 0.6 is 0 Å². The van der Waals surface area contributed by atoms with Gasteiger partial charge in [0, 0.05) is 12.2 Å². The molecule has 2 saturated carbocycles. The van der Waals surface area contributed by atoms with Crippen molar-refractivity contribution in [2.45, 2.75) is 57.0 Å². The molecule has 4 rings (SSSR count). The van der Waals surface area contributed by atoms with Crippen LogP contribution < -0.4 is 4.90 Å². The van der Waals surface area contributed by atoms with E-state index in [9.17, 15) is 9.90 Å². The van der Waals surface area contributed by atoms with Gasteiger partial charge in [-0.25, -0.2) is 0 Å². The second-order valence-electron chi connectivity index (χ2n) is 7.08. The minimum absolute atomic E-state index is 0.186. The van der Waals surface area contributed by atoms with Gasteiger partial charge < -0.3 is 10.0 Å². The summed E-state index contributed by atoms with van der Waals surface area (Å²) >= 11 is 0. The summed E-state index contributed by atoms with van der Waals surface area (Å²) in [6.07, 6.45) is 6.63. The summed E-state index contributed by atoms with van der Waals surface area (Å²) in [4.78, 5) is 14.8. The smallest absolute Gasteiger partial charge is 0.233 e. The van der Waals surface area contributed by atoms with E-state index >= 15 is 0 Å². The van der Waals surface area contributed by atoms with Gasteiger partial charge in [0.25, 0.3) is 0 Å². The van der Waals surface area contributed by atoms with Gasteiger partial charge in [0.1, 0.15) is 0 Å². The van der Waals surface area contributed by atoms with Crippen molar-refractivity contribution < 1.29 is 9.90 Å². The summed E-state index contributed by atoms with van der Waals surface area (Å²) in [5.74, 6) is 1.05. The van der Waals surface area contributed by atoms with Crippen LogP contribution in [-0.4, -0.2) is 23.7 Å². The molecule has 3 fully saturated rings. The highest BCUT2D eigenvalue weighted by Gasteiger charge is 2.48. The lowest BCUT2D eigenvalue weighted by molar-refractivity contribution is -0.128. The molecule has 0 atom stereocenters. The van der Waals surface area contributed by atoms with Gasteiger partial charge in [0.15, 0.2) is 0 Å². The molecule has 0 bridgehead atoms. The van der Waals surface area contributed by atoms with E-state index in [1.807, 2.05) is 4.90 Å². The summed E-state index contributed by atoms with van der Waals surface area (Å²) in [5, 5.41) is 9.69. The molecule has 1 amide bonds. The molecule has 0 aromatic heterocycles. The third-order valence-electron chi connectivity index (χ3n) is 5.68. The van der Waals surface area contributed by atoms with Crippen LogP contribution in [0.25, 0.3) is 0 Å². The van der Waals surface area contributed by atoms with Crippen LogP contribution in [0.4, 0.5) is 5.69 Å². The first-order valence-electron chi connectivity index (χ1n) is 8.28. The number of carbonyl (C=O) groups is 1. The highest BCUT2D eigenvalue weighted by molar-refractivity contribution is 6.00. The Labute approximate surface area is 126 Å². The predicted octanol–water partition coefficient (Wildman–Crippen LogP) is 3.22. The highest BCUT2D eigenvalue weighted by atomic mass is 16.3. The molecule has 1 aromatic rings. The zero-order chi connectivity index (χ0) is 14.4. The van der Waals surface area contributed by atoms with E-state index < -0.39 is 0 Å². The van der Waals surface area contributed by atoms with Crippen molar-refractivity contribution in [3.63, 3.8) is 0 Å². The number of hydrogen-bond acceptors (Lipinski definition) is 2. The molecule has 21 heavy (non-hydrogen) atoms. The summed E-state index contributed by atoms with van der Waals surface area (Å²) in [7, 11) is 0. The van der Waals surface area contributed by atoms with E-state index in [-0.39, 0.29) is 17.4 Å². The van der Waals surface area contributed by atoms with E-state index in [1.54, 1.807) is 0 Å². The summed E-state index contributed by atoms with van der Waals surface area (Å²) in [5.41, 5.74) is 2.28. The molecule has 112 valence electrons. The largest absolute Gasteiger partial charge is 0.393 e. The average molecular weight is 285 g/mol. The van der Waals surface area contributed by atoms with Crippen molar-refractivity contribution in [3.05, 3.63) is 29.8 Å². The summed E-state index contributed by atoms with van der Waals surface area (Å²) in [6.45, 7) is 0.831. The molecule has 2 aliphatic carbocycles. The Morgan fingerprint density at radius 1 is 1.00 bits per heavy atom. The fourth-order valence-electron chi connectivity index (χ4n) is 4.03. The quantitative estimate of drug-likeness (QED) is 0.906. The Bertz CT molecular complexity index is 539. The minimum Gasteiger partial charge on any atom is -0.393 e. The molecule has 1 aliphatic heterocycles. The molecule has 0 radical (unpaired) electrons. The SMILES string of the molecule is O=C1N(c2ccc(C3CC3)cc2)CC[C@]12CC[C@@H](O)CC2. The van der Waals surface area contributed by atoms with Crippen molar-refractivity contribution in [1.82, 2.24) is 0 Å². The summed E-state index contributed by atoms with van der Waals surface area (Å²) < 4.78 is 0. The minimum atomic E-state index is -0.199. The molecule has 1 saturated heterocycles. The highest BCUT2D eigenvalue weighted by Crippen LogP contribution is 2.46. The number of amides is 1. The van der Waals surface area contributed by atoms with Crippen molar-refractivity contribution >= 4 is 11.6 Å². The number of nitrogens with zero attached hydrogens (tertiary/aromatic N) is 1. The Hall–Kier alpha value is -1.35. The molecule has 1 heterocycles. The number of anilines is 1. The van der Waals surface area contributed by atoms with E-state index in [4.69, 9.17) is 0 Å². The monoisotopic (exact) mass is 285 g/mol. The molecule has 3 heteroatoms. The normalized spacial score (nSPS) is 32.9. The Balaban J connectivity index is 1.52. The van der Waals surface area contributed by atoms with Gasteiger partial charge in [-0.05, 0) is 68.6 Å². The Morgan fingerprint density at radius 3 is 2.29 bits per heavy atom. The second-order valence-corrected chi connectivity index (χ2v) is 7.08. The van der Waals surface area contributed by atoms with Gasteiger partial charge in [-0.1, -0.05) is 12.1 Å². The topological polar surface area (TPSA) is 40.5 Å². The van der Waals surface area contributed by atoms with Crippen molar-refractivity contribution in [2.24, 2.45) is 5.41 Å². The van der Waals surface area contributed by atoms with Gasteiger partial charge in [0.05, 0.1) is 11.5 Å². The number of rotatable bonds is 2. The molecule has 1 aromatic carbocycles. The van der Waals surface area contributed by atoms with Crippen LogP contribution in [0.5, 0.6) is 0 Å². The zero-order valence-corrected chi connectivity index (χ0v) is 12.4. The van der Waals surface area contributed by atoms with Crippen LogP contribution in [0.15, 0.2) is 24.3 Å². The van der Waals surface area contributed by atoms with Gasteiger partial charge in [-0.2, -0.15) is 0 Å².